The van der Waals surface area contributed by atoms with Crippen molar-refractivity contribution in [3.8, 4) is 0 Å². The fourth-order valence-electron chi connectivity index (χ4n) is 8.30. The van der Waals surface area contributed by atoms with E-state index in [1.165, 1.54) is 154 Å². The van der Waals surface area contributed by atoms with Crippen molar-refractivity contribution < 1.29 is 39.8 Å². The van der Waals surface area contributed by atoms with Crippen LogP contribution in [0.25, 0.3) is 0 Å². The quantitative estimate of drug-likeness (QED) is 0.0261. The molecule has 9 nitrogen and oxygen atoms in total. The van der Waals surface area contributed by atoms with E-state index in [1.807, 2.05) is 6.08 Å². The van der Waals surface area contributed by atoms with Crippen molar-refractivity contribution in [3.63, 3.8) is 0 Å². The van der Waals surface area contributed by atoms with Gasteiger partial charge in [-0.15, -0.1) is 0 Å². The molecule has 64 heavy (non-hydrogen) atoms. The fraction of sp³-hybridized carbons (Fsp3) is 0.836. The van der Waals surface area contributed by atoms with Crippen LogP contribution in [0.1, 0.15) is 239 Å². The van der Waals surface area contributed by atoms with E-state index in [9.17, 15) is 30.3 Å². The van der Waals surface area contributed by atoms with Crippen LogP contribution in [0.3, 0.4) is 0 Å². The maximum atomic E-state index is 13.0. The molecule has 0 spiro atoms. The number of hydrogen-bond donors (Lipinski definition) is 6. The maximum Gasteiger partial charge on any atom is 0.220 e. The van der Waals surface area contributed by atoms with E-state index < -0.39 is 49.5 Å². The van der Waals surface area contributed by atoms with Gasteiger partial charge < -0.3 is 40.3 Å². The van der Waals surface area contributed by atoms with Gasteiger partial charge in [-0.25, -0.2) is 0 Å². The van der Waals surface area contributed by atoms with E-state index in [4.69, 9.17) is 9.47 Å². The first-order valence-corrected chi connectivity index (χ1v) is 26.9. The number of nitrogens with one attached hydrogen (secondary N) is 1. The molecule has 1 amide bonds. The predicted molar refractivity (Wildman–Crippen MR) is 267 cm³/mol. The lowest BCUT2D eigenvalue weighted by atomic mass is 9.99. The molecule has 1 fully saturated rings. The van der Waals surface area contributed by atoms with Gasteiger partial charge >= 0.3 is 0 Å². The lowest BCUT2D eigenvalue weighted by Crippen LogP contribution is -2.60. The number of unbranched alkanes of at least 4 members (excludes halogenated alkanes) is 29. The monoisotopic (exact) mass is 904 g/mol. The summed E-state index contributed by atoms with van der Waals surface area (Å²) in [6, 6.07) is -0.833. The number of carbonyl (C=O) groups excluding carboxylic acids is 1. The van der Waals surface area contributed by atoms with E-state index in [0.29, 0.717) is 6.42 Å². The third-order valence-electron chi connectivity index (χ3n) is 12.6. The summed E-state index contributed by atoms with van der Waals surface area (Å²) in [4.78, 5) is 13.0. The Morgan fingerprint density at radius 1 is 0.516 bits per heavy atom. The van der Waals surface area contributed by atoms with Crippen LogP contribution < -0.4 is 5.32 Å². The van der Waals surface area contributed by atoms with Crippen LogP contribution in [-0.2, 0) is 14.3 Å². The van der Waals surface area contributed by atoms with Gasteiger partial charge in [0.2, 0.25) is 5.91 Å². The Kier molecular flexibility index (Phi) is 42.3. The molecule has 0 aliphatic carbocycles. The van der Waals surface area contributed by atoms with Gasteiger partial charge in [0.05, 0.1) is 25.4 Å². The van der Waals surface area contributed by atoms with Crippen molar-refractivity contribution in [2.75, 3.05) is 13.2 Å². The number of rotatable bonds is 45. The summed E-state index contributed by atoms with van der Waals surface area (Å²) in [7, 11) is 0. The highest BCUT2D eigenvalue weighted by Crippen LogP contribution is 2.23. The number of ether oxygens (including phenoxy) is 2. The van der Waals surface area contributed by atoms with Crippen LogP contribution in [0.2, 0.25) is 0 Å². The van der Waals surface area contributed by atoms with Gasteiger partial charge in [-0.05, 0) is 70.6 Å². The van der Waals surface area contributed by atoms with E-state index in [1.54, 1.807) is 6.08 Å². The second kappa shape index (κ2) is 45.0. The van der Waals surface area contributed by atoms with Gasteiger partial charge in [0.15, 0.2) is 6.29 Å². The summed E-state index contributed by atoms with van der Waals surface area (Å²) in [5, 5.41) is 54.4. The highest BCUT2D eigenvalue weighted by Gasteiger charge is 2.44. The Morgan fingerprint density at radius 2 is 0.891 bits per heavy atom. The first-order chi connectivity index (χ1) is 31.3. The third-order valence-corrected chi connectivity index (χ3v) is 12.6. The molecule has 6 N–H and O–H groups in total. The zero-order valence-corrected chi connectivity index (χ0v) is 41.3. The van der Waals surface area contributed by atoms with Crippen LogP contribution in [0.4, 0.5) is 0 Å². The number of allylic oxidation sites excluding steroid dienone is 7. The highest BCUT2D eigenvalue weighted by atomic mass is 16.7. The lowest BCUT2D eigenvalue weighted by Gasteiger charge is -2.40. The molecule has 1 heterocycles. The topological polar surface area (TPSA) is 149 Å². The Hall–Kier alpha value is -1.85. The Bertz CT molecular complexity index is 1140. The smallest absolute Gasteiger partial charge is 0.220 e. The van der Waals surface area contributed by atoms with E-state index in [0.717, 1.165) is 64.2 Å². The van der Waals surface area contributed by atoms with Crippen molar-refractivity contribution in [1.29, 1.82) is 0 Å². The average molecular weight is 904 g/mol. The molecule has 374 valence electrons. The van der Waals surface area contributed by atoms with E-state index >= 15 is 0 Å². The number of aliphatic hydroxyl groups is 5. The van der Waals surface area contributed by atoms with Gasteiger partial charge in [-0.1, -0.05) is 210 Å². The molecule has 1 rings (SSSR count). The molecule has 0 saturated carbocycles. The van der Waals surface area contributed by atoms with Crippen LogP contribution in [0, 0.1) is 0 Å². The molecule has 1 aliphatic rings. The third kappa shape index (κ3) is 34.5. The summed E-state index contributed by atoms with van der Waals surface area (Å²) < 4.78 is 11.2. The Labute approximate surface area is 393 Å². The second-order valence-corrected chi connectivity index (χ2v) is 18.6. The number of hydrogen-bond acceptors (Lipinski definition) is 8. The highest BCUT2D eigenvalue weighted by molar-refractivity contribution is 5.76. The summed E-state index contributed by atoms with van der Waals surface area (Å²) in [6.45, 7) is 3.76. The van der Waals surface area contributed by atoms with Crippen molar-refractivity contribution >= 4 is 5.91 Å². The van der Waals surface area contributed by atoms with Gasteiger partial charge in [-0.3, -0.25) is 4.79 Å². The van der Waals surface area contributed by atoms with Gasteiger partial charge in [0, 0.05) is 6.42 Å². The van der Waals surface area contributed by atoms with Crippen molar-refractivity contribution in [3.05, 3.63) is 48.6 Å². The molecular formula is C55H101NO8. The largest absolute Gasteiger partial charge is 0.394 e. The average Bonchev–Trinajstić information content (AvgIpc) is 3.29. The molecule has 0 bridgehead atoms. The number of aliphatic hydroxyl groups excluding tert-OH is 5. The minimum Gasteiger partial charge on any atom is -0.394 e. The Morgan fingerprint density at radius 3 is 1.31 bits per heavy atom. The second-order valence-electron chi connectivity index (χ2n) is 18.6. The molecule has 7 atom stereocenters. The van der Waals surface area contributed by atoms with E-state index in [2.05, 4.69) is 55.6 Å². The standard InChI is InChI=1S/C55H101NO8/c1-3-5-7-9-11-13-15-17-19-21-23-24-25-26-27-28-30-32-34-36-38-40-42-44-49(58)48(47-63-55-54(62)53(61)52(60)50(46-57)64-55)56-51(59)45-43-41-39-37-35-33-31-29-22-20-18-16-14-12-10-8-6-4-2/h27-29,31,34,36,42,44,48-50,52-55,57-58,60-62H,3-26,30,32-33,35,37-41,43,45-47H2,1-2H3,(H,56,59)/b28-27+,31-29-,36-34+,44-42+. The van der Waals surface area contributed by atoms with Crippen LogP contribution >= 0.6 is 0 Å². The Balaban J connectivity index is 2.32. The van der Waals surface area contributed by atoms with Crippen molar-refractivity contribution in [2.45, 2.75) is 281 Å². The SMILES string of the molecule is CCCCCCCCCCC/C=C\CCCCCCCC(=O)NC(COC1OC(CO)C(O)C(O)C1O)C(O)/C=C/CC/C=C/CC/C=C/CCCCCCCCCCCCCCC. The predicted octanol–water partition coefficient (Wildman–Crippen LogP) is 12.6. The summed E-state index contributed by atoms with van der Waals surface area (Å²) in [5.41, 5.74) is 0. The van der Waals surface area contributed by atoms with Crippen molar-refractivity contribution in [1.82, 2.24) is 5.32 Å². The van der Waals surface area contributed by atoms with Gasteiger partial charge in [0.1, 0.15) is 24.4 Å². The maximum absolute atomic E-state index is 13.0. The molecule has 0 radical (unpaired) electrons. The van der Waals surface area contributed by atoms with Crippen LogP contribution in [0.5, 0.6) is 0 Å². The molecule has 0 aromatic rings. The minimum atomic E-state index is -1.58. The summed E-state index contributed by atoms with van der Waals surface area (Å²) in [5.74, 6) is -0.199. The summed E-state index contributed by atoms with van der Waals surface area (Å²) in [6.07, 6.45) is 51.7. The van der Waals surface area contributed by atoms with Gasteiger partial charge in [0.25, 0.3) is 0 Å². The van der Waals surface area contributed by atoms with Crippen molar-refractivity contribution in [2.24, 2.45) is 0 Å². The molecule has 1 aliphatic heterocycles. The number of carbonyl (C=O) groups is 1. The minimum absolute atomic E-state index is 0.199. The molecule has 0 aromatic heterocycles. The van der Waals surface area contributed by atoms with E-state index in [-0.39, 0.29) is 12.5 Å². The lowest BCUT2D eigenvalue weighted by molar-refractivity contribution is -0.302. The molecule has 7 unspecified atom stereocenters. The van der Waals surface area contributed by atoms with Crippen LogP contribution in [0.15, 0.2) is 48.6 Å². The molecule has 9 heteroatoms. The first-order valence-electron chi connectivity index (χ1n) is 26.9. The zero-order chi connectivity index (χ0) is 46.6. The molecule has 1 saturated heterocycles. The fourth-order valence-corrected chi connectivity index (χ4v) is 8.30. The van der Waals surface area contributed by atoms with Crippen LogP contribution in [-0.4, -0.2) is 87.5 Å². The number of amides is 1. The molecular weight excluding hydrogens is 803 g/mol. The normalized spacial score (nSPS) is 20.4. The molecule has 0 aromatic carbocycles. The first kappa shape index (κ1) is 60.2. The van der Waals surface area contributed by atoms with Gasteiger partial charge in [-0.2, -0.15) is 0 Å². The zero-order valence-electron chi connectivity index (χ0n) is 41.3. The summed E-state index contributed by atoms with van der Waals surface area (Å²) >= 11 is 0.